The summed E-state index contributed by atoms with van der Waals surface area (Å²) in [5, 5.41) is 1.95. The van der Waals surface area contributed by atoms with Gasteiger partial charge in [0, 0.05) is 17.6 Å². The average molecular weight is 331 g/mol. The molecule has 2 heterocycles. The molecule has 0 aromatic carbocycles. The third-order valence-corrected chi connectivity index (χ3v) is 5.22. The molecule has 0 spiro atoms. The van der Waals surface area contributed by atoms with E-state index in [1.54, 1.807) is 0 Å². The third kappa shape index (κ3) is 3.63. The first-order valence-electron chi connectivity index (χ1n) is 6.19. The minimum atomic E-state index is 0.214. The fourth-order valence-corrected chi connectivity index (χ4v) is 4.02. The van der Waals surface area contributed by atoms with E-state index in [4.69, 9.17) is 0 Å². The van der Waals surface area contributed by atoms with Gasteiger partial charge in [0.15, 0.2) is 5.78 Å². The summed E-state index contributed by atoms with van der Waals surface area (Å²) in [6.07, 6.45) is 1.25. The Kier molecular flexibility index (Phi) is 4.95. The molecule has 0 aliphatic carbocycles. The van der Waals surface area contributed by atoms with E-state index >= 15 is 0 Å². The fraction of sp³-hybridized carbons (Fsp3) is 0.615. The minimum Gasteiger partial charge on any atom is -0.306 e. The smallest absolute Gasteiger partial charge is 0.187 e. The molecule has 1 aliphatic rings. The van der Waals surface area contributed by atoms with Crippen molar-refractivity contribution in [2.75, 3.05) is 40.3 Å². The lowest BCUT2D eigenvalue weighted by Crippen LogP contribution is -2.31. The van der Waals surface area contributed by atoms with Crippen LogP contribution in [0.1, 0.15) is 16.1 Å². The number of hydrogen-bond acceptors (Lipinski definition) is 4. The number of thiophene rings is 1. The highest BCUT2D eigenvalue weighted by Gasteiger charge is 2.22. The second-order valence-corrected chi connectivity index (χ2v) is 6.90. The van der Waals surface area contributed by atoms with Crippen LogP contribution in [0.4, 0.5) is 0 Å². The van der Waals surface area contributed by atoms with Crippen LogP contribution in [-0.2, 0) is 0 Å². The fourth-order valence-electron chi connectivity index (χ4n) is 2.49. The lowest BCUT2D eigenvalue weighted by molar-refractivity contribution is 0.0941. The Labute approximate surface area is 121 Å². The van der Waals surface area contributed by atoms with Gasteiger partial charge in [-0.1, -0.05) is 0 Å². The molecule has 1 aliphatic heterocycles. The van der Waals surface area contributed by atoms with Crippen molar-refractivity contribution in [1.82, 2.24) is 9.80 Å². The molecule has 0 radical (unpaired) electrons. The summed E-state index contributed by atoms with van der Waals surface area (Å²) < 4.78 is 0.923. The number of ketones is 1. The number of hydrogen-bond donors (Lipinski definition) is 0. The highest BCUT2D eigenvalue weighted by atomic mass is 79.9. The SMILES string of the molecule is CN1CCC(CN(C)CC(=O)c2sccc2Br)C1. The quantitative estimate of drug-likeness (QED) is 0.775. The first-order chi connectivity index (χ1) is 8.56. The summed E-state index contributed by atoms with van der Waals surface area (Å²) in [5.74, 6) is 0.922. The van der Waals surface area contributed by atoms with Crippen LogP contribution >= 0.6 is 27.3 Å². The van der Waals surface area contributed by atoms with Crippen molar-refractivity contribution in [3.63, 3.8) is 0 Å². The summed E-state index contributed by atoms with van der Waals surface area (Å²) >= 11 is 4.93. The zero-order valence-corrected chi connectivity index (χ0v) is 13.3. The standard InChI is InChI=1S/C13H19BrN2OS/c1-15-5-3-10(7-15)8-16(2)9-12(17)13-11(14)4-6-18-13/h4,6,10H,3,5,7-9H2,1-2H3. The Morgan fingerprint density at radius 2 is 2.44 bits per heavy atom. The highest BCUT2D eigenvalue weighted by Crippen LogP contribution is 2.23. The molecule has 5 heteroatoms. The summed E-state index contributed by atoms with van der Waals surface area (Å²) in [7, 11) is 4.20. The van der Waals surface area contributed by atoms with Crippen molar-refractivity contribution in [1.29, 1.82) is 0 Å². The lowest BCUT2D eigenvalue weighted by Gasteiger charge is -2.19. The maximum absolute atomic E-state index is 12.1. The second-order valence-electron chi connectivity index (χ2n) is 5.13. The van der Waals surface area contributed by atoms with Crippen LogP contribution in [-0.4, -0.2) is 55.9 Å². The molecule has 3 nitrogen and oxygen atoms in total. The van der Waals surface area contributed by atoms with Crippen LogP contribution in [0.5, 0.6) is 0 Å². The van der Waals surface area contributed by atoms with Gasteiger partial charge in [0.05, 0.1) is 11.4 Å². The van der Waals surface area contributed by atoms with Gasteiger partial charge in [0.1, 0.15) is 0 Å². The summed E-state index contributed by atoms with van der Waals surface area (Å²) in [4.78, 5) is 17.5. The Morgan fingerprint density at radius 1 is 1.67 bits per heavy atom. The molecule has 100 valence electrons. The van der Waals surface area contributed by atoms with Crippen molar-refractivity contribution in [2.24, 2.45) is 5.92 Å². The number of likely N-dealkylation sites (tertiary alicyclic amines) is 1. The number of nitrogens with zero attached hydrogens (tertiary/aromatic N) is 2. The van der Waals surface area contributed by atoms with E-state index in [0.717, 1.165) is 22.4 Å². The molecule has 1 saturated heterocycles. The minimum absolute atomic E-state index is 0.214. The molecule has 1 aromatic rings. The highest BCUT2D eigenvalue weighted by molar-refractivity contribution is 9.10. The largest absolute Gasteiger partial charge is 0.306 e. The zero-order valence-electron chi connectivity index (χ0n) is 10.9. The second kappa shape index (κ2) is 6.28. The van der Waals surface area contributed by atoms with Gasteiger partial charge >= 0.3 is 0 Å². The molecule has 1 aromatic heterocycles. The van der Waals surface area contributed by atoms with E-state index in [9.17, 15) is 4.79 Å². The molecular formula is C13H19BrN2OS. The van der Waals surface area contributed by atoms with Crippen LogP contribution in [0.15, 0.2) is 15.9 Å². The van der Waals surface area contributed by atoms with Gasteiger partial charge in [-0.2, -0.15) is 0 Å². The normalized spacial score (nSPS) is 20.8. The van der Waals surface area contributed by atoms with Crippen LogP contribution < -0.4 is 0 Å². The molecule has 0 N–H and O–H groups in total. The van der Waals surface area contributed by atoms with E-state index in [1.807, 2.05) is 18.5 Å². The van der Waals surface area contributed by atoms with Gasteiger partial charge < -0.3 is 4.90 Å². The molecule has 1 fully saturated rings. The van der Waals surface area contributed by atoms with E-state index in [2.05, 4.69) is 32.8 Å². The van der Waals surface area contributed by atoms with Gasteiger partial charge in [-0.25, -0.2) is 0 Å². The number of Topliss-reactive ketones (excluding diaryl/α,β-unsaturated/α-hetero) is 1. The summed E-state index contributed by atoms with van der Waals surface area (Å²) in [6.45, 7) is 3.86. The summed E-state index contributed by atoms with van der Waals surface area (Å²) in [5.41, 5.74) is 0. The van der Waals surface area contributed by atoms with Crippen LogP contribution in [0, 0.1) is 5.92 Å². The van der Waals surface area contributed by atoms with Gasteiger partial charge in [0.25, 0.3) is 0 Å². The van der Waals surface area contributed by atoms with E-state index < -0.39 is 0 Å². The molecular weight excluding hydrogens is 312 g/mol. The van der Waals surface area contributed by atoms with Crippen LogP contribution in [0.3, 0.4) is 0 Å². The molecule has 1 unspecified atom stereocenters. The molecule has 18 heavy (non-hydrogen) atoms. The monoisotopic (exact) mass is 330 g/mol. The molecule has 2 rings (SSSR count). The van der Waals surface area contributed by atoms with Crippen molar-refractivity contribution in [3.05, 3.63) is 20.8 Å². The number of carbonyl (C=O) groups is 1. The maximum atomic E-state index is 12.1. The van der Waals surface area contributed by atoms with Crippen LogP contribution in [0.2, 0.25) is 0 Å². The Balaban J connectivity index is 1.82. The first kappa shape index (κ1) is 14.2. The zero-order chi connectivity index (χ0) is 13.1. The predicted octanol–water partition coefficient (Wildman–Crippen LogP) is 2.58. The number of carbonyl (C=O) groups excluding carboxylic acids is 1. The number of halogens is 1. The number of likely N-dealkylation sites (N-methyl/N-ethyl adjacent to an activating group) is 1. The van der Waals surface area contributed by atoms with Crippen molar-refractivity contribution < 1.29 is 4.79 Å². The maximum Gasteiger partial charge on any atom is 0.187 e. The Bertz CT molecular complexity index is 421. The first-order valence-corrected chi connectivity index (χ1v) is 7.87. The summed E-state index contributed by atoms with van der Waals surface area (Å²) in [6, 6.07) is 1.93. The van der Waals surface area contributed by atoms with Crippen molar-refractivity contribution >= 4 is 33.0 Å². The Hall–Kier alpha value is -0.230. The predicted molar refractivity (Wildman–Crippen MR) is 79.5 cm³/mol. The van der Waals surface area contributed by atoms with Crippen LogP contribution in [0.25, 0.3) is 0 Å². The van der Waals surface area contributed by atoms with Gasteiger partial charge in [-0.15, -0.1) is 11.3 Å². The molecule has 0 saturated carbocycles. The van der Waals surface area contributed by atoms with Gasteiger partial charge in [-0.05, 0) is 60.4 Å². The van der Waals surface area contributed by atoms with Gasteiger partial charge in [-0.3, -0.25) is 9.69 Å². The average Bonchev–Trinajstić information content (AvgIpc) is 2.87. The van der Waals surface area contributed by atoms with Crippen molar-refractivity contribution in [3.8, 4) is 0 Å². The molecule has 0 bridgehead atoms. The molecule has 0 amide bonds. The molecule has 1 atom stereocenters. The lowest BCUT2D eigenvalue weighted by atomic mass is 10.1. The van der Waals surface area contributed by atoms with Crippen molar-refractivity contribution in [2.45, 2.75) is 6.42 Å². The van der Waals surface area contributed by atoms with E-state index in [-0.39, 0.29) is 5.78 Å². The number of rotatable bonds is 5. The topological polar surface area (TPSA) is 23.6 Å². The van der Waals surface area contributed by atoms with E-state index in [0.29, 0.717) is 12.5 Å². The van der Waals surface area contributed by atoms with E-state index in [1.165, 1.54) is 24.3 Å². The Morgan fingerprint density at radius 3 is 3.00 bits per heavy atom. The van der Waals surface area contributed by atoms with Gasteiger partial charge in [0.2, 0.25) is 0 Å². The third-order valence-electron chi connectivity index (χ3n) is 3.34.